The molecule has 2 aromatic carbocycles. The van der Waals surface area contributed by atoms with Crippen LogP contribution in [0.2, 0.25) is 0 Å². The summed E-state index contributed by atoms with van der Waals surface area (Å²) in [4.78, 5) is 67.0. The van der Waals surface area contributed by atoms with Crippen LogP contribution in [-0.2, 0) is 41.6 Å². The van der Waals surface area contributed by atoms with Crippen LogP contribution in [0.5, 0.6) is 0 Å². The predicted octanol–water partition coefficient (Wildman–Crippen LogP) is 5.70. The molecule has 1 heterocycles. The van der Waals surface area contributed by atoms with Crippen molar-refractivity contribution in [3.8, 4) is 0 Å². The molecule has 4 amide bonds. The third-order valence-electron chi connectivity index (χ3n) is 8.41. The number of likely N-dealkylation sites (tertiary alicyclic amines) is 1. The summed E-state index contributed by atoms with van der Waals surface area (Å²) in [5.74, 6) is -1.63. The van der Waals surface area contributed by atoms with Crippen molar-refractivity contribution in [2.24, 2.45) is 11.8 Å². The largest absolute Gasteiger partial charge is 0.467 e. The maximum atomic E-state index is 14.2. The molecule has 1 aliphatic rings. The molecule has 0 aliphatic carbocycles. The number of nitrogens with zero attached hydrogens (tertiary/aromatic N) is 1. The standard InChI is InChI=1S/C40H56N4O8/c1-28(2)25-32(42-39(49)52-40(3,4)5)22-21-31(26-29-15-9-7-10-16-29)36(46)44-24-14-20-34(44)35(45)43-33(37(47)50-6)19-13-23-41-38(48)51-27-30-17-11-8-12-18-30/h7-12,15-18,21-22,28,31-34H,13-14,19-20,23-27H2,1-6H3,(H,41,48)(H,42,49)(H,43,45)/b22-21+/t31-,32-,33+,34-/m1/s1. The maximum Gasteiger partial charge on any atom is 0.408 e. The average Bonchev–Trinajstić information content (AvgIpc) is 3.60. The molecule has 284 valence electrons. The zero-order chi connectivity index (χ0) is 38.1. The average molecular weight is 721 g/mol. The number of methoxy groups -OCH3 is 1. The van der Waals surface area contributed by atoms with Gasteiger partial charge in [0.1, 0.15) is 24.3 Å². The number of ether oxygens (including phenoxy) is 3. The molecular weight excluding hydrogens is 664 g/mol. The molecule has 0 unspecified atom stereocenters. The van der Waals surface area contributed by atoms with E-state index in [0.717, 1.165) is 11.1 Å². The lowest BCUT2D eigenvalue weighted by Gasteiger charge is -2.29. The molecular formula is C40H56N4O8. The van der Waals surface area contributed by atoms with Crippen LogP contribution in [0.25, 0.3) is 0 Å². The number of esters is 1. The molecule has 0 saturated carbocycles. The normalized spacial score (nSPS) is 16.1. The predicted molar refractivity (Wildman–Crippen MR) is 198 cm³/mol. The van der Waals surface area contributed by atoms with Crippen molar-refractivity contribution in [2.75, 3.05) is 20.2 Å². The van der Waals surface area contributed by atoms with E-state index in [0.29, 0.717) is 38.6 Å². The summed E-state index contributed by atoms with van der Waals surface area (Å²) in [7, 11) is 1.25. The first-order valence-corrected chi connectivity index (χ1v) is 18.1. The smallest absolute Gasteiger partial charge is 0.408 e. The van der Waals surface area contributed by atoms with E-state index in [4.69, 9.17) is 14.2 Å². The van der Waals surface area contributed by atoms with Crippen LogP contribution >= 0.6 is 0 Å². The van der Waals surface area contributed by atoms with E-state index in [1.807, 2.05) is 72.8 Å². The van der Waals surface area contributed by atoms with Crippen LogP contribution in [0, 0.1) is 11.8 Å². The first kappa shape index (κ1) is 41.5. The van der Waals surface area contributed by atoms with Gasteiger partial charge in [0.2, 0.25) is 11.8 Å². The second-order valence-corrected chi connectivity index (χ2v) is 14.5. The molecule has 3 N–H and O–H groups in total. The van der Waals surface area contributed by atoms with Crippen molar-refractivity contribution >= 4 is 30.0 Å². The molecule has 3 rings (SSSR count). The van der Waals surface area contributed by atoms with Crippen LogP contribution in [0.15, 0.2) is 72.8 Å². The highest BCUT2D eigenvalue weighted by atomic mass is 16.6. The molecule has 1 aliphatic heterocycles. The summed E-state index contributed by atoms with van der Waals surface area (Å²) in [5, 5.41) is 8.39. The van der Waals surface area contributed by atoms with Gasteiger partial charge >= 0.3 is 18.2 Å². The Morgan fingerprint density at radius 3 is 2.17 bits per heavy atom. The van der Waals surface area contributed by atoms with Crippen LogP contribution in [0.3, 0.4) is 0 Å². The van der Waals surface area contributed by atoms with Gasteiger partial charge in [-0.25, -0.2) is 14.4 Å². The number of amides is 4. The van der Waals surface area contributed by atoms with Gasteiger partial charge in [0, 0.05) is 13.1 Å². The summed E-state index contributed by atoms with van der Waals surface area (Å²) in [5.41, 5.74) is 1.15. The van der Waals surface area contributed by atoms with Gasteiger partial charge in [-0.15, -0.1) is 0 Å². The number of carbonyl (C=O) groups is 5. The van der Waals surface area contributed by atoms with E-state index < -0.39 is 47.7 Å². The molecule has 0 spiro atoms. The van der Waals surface area contributed by atoms with Gasteiger partial charge in [-0.3, -0.25) is 9.59 Å². The lowest BCUT2D eigenvalue weighted by Crippen LogP contribution is -2.52. The zero-order valence-corrected chi connectivity index (χ0v) is 31.4. The van der Waals surface area contributed by atoms with Crippen molar-refractivity contribution in [3.63, 3.8) is 0 Å². The maximum absolute atomic E-state index is 14.2. The van der Waals surface area contributed by atoms with Crippen LogP contribution in [-0.4, -0.2) is 78.8 Å². The van der Waals surface area contributed by atoms with E-state index in [1.54, 1.807) is 25.7 Å². The van der Waals surface area contributed by atoms with E-state index in [9.17, 15) is 24.0 Å². The minimum absolute atomic E-state index is 0.133. The Hall–Kier alpha value is -4.87. The van der Waals surface area contributed by atoms with Crippen molar-refractivity contribution in [1.82, 2.24) is 20.9 Å². The third-order valence-corrected chi connectivity index (χ3v) is 8.41. The second kappa shape index (κ2) is 20.8. The number of hydrogen-bond acceptors (Lipinski definition) is 8. The molecule has 0 radical (unpaired) electrons. The van der Waals surface area contributed by atoms with E-state index in [-0.39, 0.29) is 37.4 Å². The summed E-state index contributed by atoms with van der Waals surface area (Å²) < 4.78 is 15.7. The van der Waals surface area contributed by atoms with E-state index >= 15 is 0 Å². The van der Waals surface area contributed by atoms with Gasteiger partial charge < -0.3 is 35.1 Å². The molecule has 0 bridgehead atoms. The lowest BCUT2D eigenvalue weighted by atomic mass is 9.95. The van der Waals surface area contributed by atoms with E-state index in [1.165, 1.54) is 7.11 Å². The number of benzene rings is 2. The highest BCUT2D eigenvalue weighted by molar-refractivity contribution is 5.92. The van der Waals surface area contributed by atoms with Gasteiger partial charge in [-0.1, -0.05) is 86.7 Å². The van der Waals surface area contributed by atoms with Crippen molar-refractivity contribution in [1.29, 1.82) is 0 Å². The molecule has 52 heavy (non-hydrogen) atoms. The topological polar surface area (TPSA) is 152 Å². The Morgan fingerprint density at radius 1 is 0.904 bits per heavy atom. The molecule has 1 saturated heterocycles. The monoisotopic (exact) mass is 720 g/mol. The fourth-order valence-electron chi connectivity index (χ4n) is 5.97. The SMILES string of the molecule is COC(=O)[C@H](CCCNC(=O)OCc1ccccc1)NC(=O)[C@H]1CCCN1C(=O)[C@H](/C=C/[C@H](CC(C)C)NC(=O)OC(C)(C)C)Cc1ccccc1. The summed E-state index contributed by atoms with van der Waals surface area (Å²) >= 11 is 0. The second-order valence-electron chi connectivity index (χ2n) is 14.5. The number of rotatable bonds is 17. The molecule has 2 aromatic rings. The minimum Gasteiger partial charge on any atom is -0.467 e. The first-order chi connectivity index (χ1) is 24.8. The number of alkyl carbamates (subject to hydrolysis) is 2. The lowest BCUT2D eigenvalue weighted by molar-refractivity contribution is -0.146. The van der Waals surface area contributed by atoms with Gasteiger partial charge in [0.15, 0.2) is 0 Å². The fraction of sp³-hybridized carbons (Fsp3) is 0.525. The van der Waals surface area contributed by atoms with Crippen LogP contribution in [0.1, 0.15) is 77.8 Å². The molecule has 12 heteroatoms. The zero-order valence-electron chi connectivity index (χ0n) is 31.4. The summed E-state index contributed by atoms with van der Waals surface area (Å²) in [6, 6.07) is 16.8. The first-order valence-electron chi connectivity index (χ1n) is 18.1. The van der Waals surface area contributed by atoms with Gasteiger partial charge in [0.05, 0.1) is 19.1 Å². The third kappa shape index (κ3) is 14.8. The van der Waals surface area contributed by atoms with Crippen LogP contribution < -0.4 is 16.0 Å². The van der Waals surface area contributed by atoms with Crippen molar-refractivity contribution in [2.45, 2.75) is 103 Å². The van der Waals surface area contributed by atoms with Gasteiger partial charge in [-0.2, -0.15) is 0 Å². The number of hydrogen-bond donors (Lipinski definition) is 3. The summed E-state index contributed by atoms with van der Waals surface area (Å²) in [6.07, 6.45) is 5.22. The number of nitrogens with one attached hydrogen (secondary N) is 3. The van der Waals surface area contributed by atoms with Crippen LogP contribution in [0.4, 0.5) is 9.59 Å². The Kier molecular flexibility index (Phi) is 16.7. The quantitative estimate of drug-likeness (QED) is 0.0816. The minimum atomic E-state index is -0.965. The van der Waals surface area contributed by atoms with Crippen molar-refractivity contribution in [3.05, 3.63) is 83.9 Å². The van der Waals surface area contributed by atoms with Crippen molar-refractivity contribution < 1.29 is 38.2 Å². The number of carbonyl (C=O) groups excluding carboxylic acids is 5. The van der Waals surface area contributed by atoms with Gasteiger partial charge in [0.25, 0.3) is 0 Å². The molecule has 0 aromatic heterocycles. The Balaban J connectivity index is 1.67. The molecule has 12 nitrogen and oxygen atoms in total. The Bertz CT molecular complexity index is 1480. The summed E-state index contributed by atoms with van der Waals surface area (Å²) in [6.45, 7) is 10.2. The highest BCUT2D eigenvalue weighted by Gasteiger charge is 2.38. The fourth-order valence-corrected chi connectivity index (χ4v) is 5.97. The Morgan fingerprint density at radius 2 is 1.56 bits per heavy atom. The van der Waals surface area contributed by atoms with Gasteiger partial charge in [-0.05, 0) is 76.3 Å². The molecule has 1 fully saturated rings. The highest BCUT2D eigenvalue weighted by Crippen LogP contribution is 2.24. The molecule has 4 atom stereocenters. The van der Waals surface area contributed by atoms with E-state index in [2.05, 4.69) is 29.8 Å². The Labute approximate surface area is 308 Å².